The molecule has 5 heteroatoms. The highest BCUT2D eigenvalue weighted by atomic mass is 35.5. The molecule has 17 heavy (non-hydrogen) atoms. The SMILES string of the molecule is CNCC(C)CNC(=O)Nc1ccccc1Cl. The zero-order valence-electron chi connectivity index (χ0n) is 10.1. The Hall–Kier alpha value is -1.26. The molecule has 1 aromatic rings. The first-order chi connectivity index (χ1) is 8.13. The summed E-state index contributed by atoms with van der Waals surface area (Å²) < 4.78 is 0. The molecule has 3 N–H and O–H groups in total. The van der Waals surface area contributed by atoms with Crippen LogP contribution in [0.3, 0.4) is 0 Å². The van der Waals surface area contributed by atoms with E-state index in [9.17, 15) is 4.79 Å². The van der Waals surface area contributed by atoms with Gasteiger partial charge in [-0.2, -0.15) is 0 Å². The second-order valence-electron chi connectivity index (χ2n) is 3.98. The molecule has 4 nitrogen and oxygen atoms in total. The number of nitrogens with one attached hydrogen (secondary N) is 3. The van der Waals surface area contributed by atoms with Gasteiger partial charge in [-0.3, -0.25) is 0 Å². The average Bonchev–Trinajstić information content (AvgIpc) is 2.30. The lowest BCUT2D eigenvalue weighted by Crippen LogP contribution is -2.35. The number of urea groups is 1. The maximum atomic E-state index is 11.6. The van der Waals surface area contributed by atoms with E-state index in [4.69, 9.17) is 11.6 Å². The Morgan fingerprint density at radius 2 is 2.06 bits per heavy atom. The van der Waals surface area contributed by atoms with Crippen molar-refractivity contribution in [2.75, 3.05) is 25.5 Å². The van der Waals surface area contributed by atoms with Crippen molar-refractivity contribution < 1.29 is 4.79 Å². The molecule has 2 amide bonds. The highest BCUT2D eigenvalue weighted by Crippen LogP contribution is 2.19. The highest BCUT2D eigenvalue weighted by Gasteiger charge is 2.06. The van der Waals surface area contributed by atoms with Gasteiger partial charge >= 0.3 is 6.03 Å². The molecular formula is C12H18ClN3O. The molecule has 1 atom stereocenters. The van der Waals surface area contributed by atoms with Gasteiger partial charge in [0, 0.05) is 6.54 Å². The molecule has 94 valence electrons. The van der Waals surface area contributed by atoms with Crippen LogP contribution in [0, 0.1) is 5.92 Å². The summed E-state index contributed by atoms with van der Waals surface area (Å²) in [5.74, 6) is 0.386. The Labute approximate surface area is 107 Å². The van der Waals surface area contributed by atoms with Crippen LogP contribution < -0.4 is 16.0 Å². The summed E-state index contributed by atoms with van der Waals surface area (Å²) in [5.41, 5.74) is 0.618. The fraction of sp³-hybridized carbons (Fsp3) is 0.417. The molecule has 0 radical (unpaired) electrons. The number of para-hydroxylation sites is 1. The van der Waals surface area contributed by atoms with Crippen molar-refractivity contribution in [1.29, 1.82) is 0 Å². The fourth-order valence-corrected chi connectivity index (χ4v) is 1.60. The molecule has 1 aromatic carbocycles. The minimum absolute atomic E-state index is 0.235. The highest BCUT2D eigenvalue weighted by molar-refractivity contribution is 6.33. The third kappa shape index (κ3) is 5.06. The second kappa shape index (κ2) is 7.14. The number of hydrogen-bond donors (Lipinski definition) is 3. The average molecular weight is 256 g/mol. The molecule has 0 aromatic heterocycles. The number of amides is 2. The molecule has 0 fully saturated rings. The van der Waals surface area contributed by atoms with Crippen molar-refractivity contribution in [2.24, 2.45) is 5.92 Å². The van der Waals surface area contributed by atoms with Crippen molar-refractivity contribution in [3.8, 4) is 0 Å². The molecule has 0 aliphatic carbocycles. The zero-order valence-corrected chi connectivity index (χ0v) is 10.8. The Balaban J connectivity index is 2.37. The van der Waals surface area contributed by atoms with Crippen molar-refractivity contribution in [3.05, 3.63) is 29.3 Å². The van der Waals surface area contributed by atoms with E-state index in [1.807, 2.05) is 19.2 Å². The van der Waals surface area contributed by atoms with Crippen LogP contribution in [0.25, 0.3) is 0 Å². The first kappa shape index (κ1) is 13.8. The van der Waals surface area contributed by atoms with E-state index in [0.717, 1.165) is 6.54 Å². The lowest BCUT2D eigenvalue weighted by atomic mass is 10.2. The smallest absolute Gasteiger partial charge is 0.319 e. The fourth-order valence-electron chi connectivity index (χ4n) is 1.42. The van der Waals surface area contributed by atoms with E-state index in [0.29, 0.717) is 23.2 Å². The van der Waals surface area contributed by atoms with E-state index in [1.54, 1.807) is 12.1 Å². The number of anilines is 1. The summed E-state index contributed by atoms with van der Waals surface area (Å²) in [6.45, 7) is 3.55. The molecule has 0 spiro atoms. The molecule has 0 aliphatic heterocycles. The van der Waals surface area contributed by atoms with E-state index < -0.39 is 0 Å². The summed E-state index contributed by atoms with van der Waals surface area (Å²) in [6, 6.07) is 6.91. The third-order valence-corrected chi connectivity index (χ3v) is 2.62. The summed E-state index contributed by atoms with van der Waals surface area (Å²) in [5, 5.41) is 9.09. The summed E-state index contributed by atoms with van der Waals surface area (Å²) >= 11 is 5.93. The van der Waals surface area contributed by atoms with Crippen LogP contribution in [0.1, 0.15) is 6.92 Å². The Morgan fingerprint density at radius 1 is 1.35 bits per heavy atom. The molecule has 0 saturated heterocycles. The molecule has 1 rings (SSSR count). The van der Waals surface area contributed by atoms with Crippen LogP contribution in [-0.2, 0) is 0 Å². The van der Waals surface area contributed by atoms with Crippen LogP contribution >= 0.6 is 11.6 Å². The molecule has 0 bridgehead atoms. The van der Waals surface area contributed by atoms with E-state index in [-0.39, 0.29) is 6.03 Å². The van der Waals surface area contributed by atoms with Gasteiger partial charge in [0.05, 0.1) is 10.7 Å². The van der Waals surface area contributed by atoms with Crippen molar-refractivity contribution in [2.45, 2.75) is 6.92 Å². The number of carbonyl (C=O) groups is 1. The summed E-state index contributed by atoms with van der Waals surface area (Å²) in [4.78, 5) is 11.6. The van der Waals surface area contributed by atoms with E-state index >= 15 is 0 Å². The standard InChI is InChI=1S/C12H18ClN3O/c1-9(7-14-2)8-15-12(17)16-11-6-4-3-5-10(11)13/h3-6,9,14H,7-8H2,1-2H3,(H2,15,16,17). The minimum Gasteiger partial charge on any atom is -0.338 e. The van der Waals surface area contributed by atoms with Crippen molar-refractivity contribution >= 4 is 23.3 Å². The predicted molar refractivity (Wildman–Crippen MR) is 71.6 cm³/mol. The number of hydrogen-bond acceptors (Lipinski definition) is 2. The maximum Gasteiger partial charge on any atom is 0.319 e. The lowest BCUT2D eigenvalue weighted by molar-refractivity contribution is 0.250. The number of halogens is 1. The predicted octanol–water partition coefficient (Wildman–Crippen LogP) is 2.32. The van der Waals surface area contributed by atoms with Gasteiger partial charge in [-0.25, -0.2) is 4.79 Å². The summed E-state index contributed by atoms with van der Waals surface area (Å²) in [7, 11) is 1.89. The first-order valence-corrected chi connectivity index (χ1v) is 5.95. The number of carbonyl (C=O) groups excluding carboxylic acids is 1. The second-order valence-corrected chi connectivity index (χ2v) is 4.38. The normalized spacial score (nSPS) is 11.9. The third-order valence-electron chi connectivity index (χ3n) is 2.29. The van der Waals surface area contributed by atoms with Crippen LogP contribution in [0.2, 0.25) is 5.02 Å². The quantitative estimate of drug-likeness (QED) is 0.756. The zero-order chi connectivity index (χ0) is 12.7. The molecule has 0 heterocycles. The maximum absolute atomic E-state index is 11.6. The lowest BCUT2D eigenvalue weighted by Gasteiger charge is -2.13. The van der Waals surface area contributed by atoms with Gasteiger partial charge in [-0.05, 0) is 31.6 Å². The van der Waals surface area contributed by atoms with Gasteiger partial charge in [0.2, 0.25) is 0 Å². The van der Waals surface area contributed by atoms with E-state index in [1.165, 1.54) is 0 Å². The van der Waals surface area contributed by atoms with Gasteiger partial charge < -0.3 is 16.0 Å². The minimum atomic E-state index is -0.235. The van der Waals surface area contributed by atoms with E-state index in [2.05, 4.69) is 22.9 Å². The number of benzene rings is 1. The number of rotatable bonds is 5. The van der Waals surface area contributed by atoms with Crippen molar-refractivity contribution in [1.82, 2.24) is 10.6 Å². The van der Waals surface area contributed by atoms with Crippen LogP contribution in [0.5, 0.6) is 0 Å². The molecular weight excluding hydrogens is 238 g/mol. The first-order valence-electron chi connectivity index (χ1n) is 5.57. The van der Waals surface area contributed by atoms with Crippen LogP contribution in [0.15, 0.2) is 24.3 Å². The monoisotopic (exact) mass is 255 g/mol. The largest absolute Gasteiger partial charge is 0.338 e. The van der Waals surface area contributed by atoms with Crippen molar-refractivity contribution in [3.63, 3.8) is 0 Å². The van der Waals surface area contributed by atoms with Gasteiger partial charge in [-0.15, -0.1) is 0 Å². The molecule has 0 aliphatic rings. The van der Waals surface area contributed by atoms with Gasteiger partial charge in [0.15, 0.2) is 0 Å². The summed E-state index contributed by atoms with van der Waals surface area (Å²) in [6.07, 6.45) is 0. The van der Waals surface area contributed by atoms with Crippen LogP contribution in [-0.4, -0.2) is 26.2 Å². The Kier molecular flexibility index (Phi) is 5.80. The molecule has 0 saturated carbocycles. The van der Waals surface area contributed by atoms with Gasteiger partial charge in [-0.1, -0.05) is 30.7 Å². The van der Waals surface area contributed by atoms with Gasteiger partial charge in [0.1, 0.15) is 0 Å². The van der Waals surface area contributed by atoms with Crippen LogP contribution in [0.4, 0.5) is 10.5 Å². The topological polar surface area (TPSA) is 53.2 Å². The molecule has 1 unspecified atom stereocenters. The Bertz CT molecular complexity index is 371. The Morgan fingerprint density at radius 3 is 2.71 bits per heavy atom. The van der Waals surface area contributed by atoms with Gasteiger partial charge in [0.25, 0.3) is 0 Å².